The summed E-state index contributed by atoms with van der Waals surface area (Å²) in [5, 5.41) is 8.11. The zero-order chi connectivity index (χ0) is 17.1. The molecular weight excluding hydrogens is 322 g/mol. The smallest absolute Gasteiger partial charge is 0.312 e. The molecule has 0 saturated heterocycles. The van der Waals surface area contributed by atoms with Gasteiger partial charge < -0.3 is 4.84 Å². The normalized spacial score (nSPS) is 11.5. The molecule has 0 aliphatic rings. The Hall–Kier alpha value is -2.73. The van der Waals surface area contributed by atoms with Gasteiger partial charge in [-0.15, -0.1) is 11.3 Å². The fraction of sp³-hybridized carbons (Fsp3) is 0.167. The molecule has 122 valence electrons. The minimum absolute atomic E-state index is 0.431. The Morgan fingerprint density at radius 3 is 2.50 bits per heavy atom. The number of thiophene rings is 1. The number of rotatable bonds is 4. The molecule has 0 fully saturated rings. The molecule has 0 amide bonds. The van der Waals surface area contributed by atoms with Gasteiger partial charge in [0, 0.05) is 23.7 Å². The third-order valence-electron chi connectivity index (χ3n) is 3.55. The van der Waals surface area contributed by atoms with Crippen molar-refractivity contribution in [2.45, 2.75) is 13.8 Å². The van der Waals surface area contributed by atoms with Gasteiger partial charge in [0.1, 0.15) is 4.88 Å². The third kappa shape index (κ3) is 3.60. The van der Waals surface area contributed by atoms with E-state index in [9.17, 15) is 4.79 Å². The Bertz CT molecular complexity index is 891. The molecule has 0 unspecified atom stereocenters. The second-order valence-corrected chi connectivity index (χ2v) is 6.73. The number of aryl methyl sites for hydroxylation is 2. The van der Waals surface area contributed by atoms with Crippen LogP contribution in [0.25, 0.3) is 11.1 Å². The van der Waals surface area contributed by atoms with Gasteiger partial charge >= 0.3 is 5.97 Å². The fourth-order valence-corrected chi connectivity index (χ4v) is 2.97. The van der Waals surface area contributed by atoms with Crippen LogP contribution in [0, 0.1) is 6.92 Å². The van der Waals surface area contributed by atoms with E-state index in [1.54, 1.807) is 10.7 Å². The molecule has 0 radical (unpaired) electrons. The van der Waals surface area contributed by atoms with Crippen molar-refractivity contribution in [1.82, 2.24) is 9.78 Å². The van der Waals surface area contributed by atoms with E-state index in [4.69, 9.17) is 4.84 Å². The van der Waals surface area contributed by atoms with Crippen molar-refractivity contribution in [3.8, 4) is 11.1 Å². The first-order valence-electron chi connectivity index (χ1n) is 7.45. The second-order valence-electron chi connectivity index (χ2n) is 5.45. The first kappa shape index (κ1) is 16.1. The molecule has 24 heavy (non-hydrogen) atoms. The summed E-state index contributed by atoms with van der Waals surface area (Å²) in [5.41, 5.74) is 3.68. The molecule has 2 aromatic heterocycles. The summed E-state index contributed by atoms with van der Waals surface area (Å²) >= 11 is 1.39. The van der Waals surface area contributed by atoms with Crippen LogP contribution in [0.3, 0.4) is 0 Å². The predicted octanol–water partition coefficient (Wildman–Crippen LogP) is 4.04. The highest BCUT2D eigenvalue weighted by molar-refractivity contribution is 7.13. The highest BCUT2D eigenvalue weighted by Crippen LogP contribution is 2.19. The lowest BCUT2D eigenvalue weighted by molar-refractivity contribution is 0.0522. The number of hydrogen-bond acceptors (Lipinski definition) is 5. The van der Waals surface area contributed by atoms with Gasteiger partial charge in [-0.05, 0) is 37.1 Å². The molecule has 3 rings (SSSR count). The van der Waals surface area contributed by atoms with Crippen LogP contribution in [-0.2, 0) is 11.9 Å². The van der Waals surface area contributed by atoms with Gasteiger partial charge in [-0.2, -0.15) is 5.10 Å². The molecular formula is C18H17N3O2S. The molecule has 0 N–H and O–H groups in total. The number of benzene rings is 1. The Morgan fingerprint density at radius 1 is 1.17 bits per heavy atom. The van der Waals surface area contributed by atoms with Crippen molar-refractivity contribution in [2.24, 2.45) is 12.2 Å². The van der Waals surface area contributed by atoms with Crippen LogP contribution in [0.4, 0.5) is 0 Å². The molecule has 0 bridgehead atoms. The van der Waals surface area contributed by atoms with Crippen LogP contribution in [-0.4, -0.2) is 21.5 Å². The molecule has 0 atom stereocenters. The lowest BCUT2D eigenvalue weighted by Crippen LogP contribution is -2.02. The van der Waals surface area contributed by atoms with Crippen LogP contribution in [0.2, 0.25) is 0 Å². The van der Waals surface area contributed by atoms with Gasteiger partial charge in [-0.3, -0.25) is 4.68 Å². The second kappa shape index (κ2) is 6.80. The third-order valence-corrected chi connectivity index (χ3v) is 4.53. The van der Waals surface area contributed by atoms with E-state index in [0.29, 0.717) is 10.6 Å². The van der Waals surface area contributed by atoms with Crippen LogP contribution < -0.4 is 0 Å². The Balaban J connectivity index is 1.70. The SMILES string of the molecule is C/C(=N\OC(=O)c1ccc(C)s1)c1ccc(-c2cnn(C)c2)cc1. The van der Waals surface area contributed by atoms with Crippen LogP contribution >= 0.6 is 11.3 Å². The number of nitrogens with zero attached hydrogens (tertiary/aromatic N) is 3. The minimum Gasteiger partial charge on any atom is -0.312 e. The highest BCUT2D eigenvalue weighted by atomic mass is 32.1. The predicted molar refractivity (Wildman–Crippen MR) is 95.3 cm³/mol. The van der Waals surface area contributed by atoms with Gasteiger partial charge in [0.05, 0.1) is 11.9 Å². The van der Waals surface area contributed by atoms with Crippen molar-refractivity contribution in [3.05, 3.63) is 64.1 Å². The molecule has 0 aliphatic heterocycles. The largest absolute Gasteiger partial charge is 0.375 e. The summed E-state index contributed by atoms with van der Waals surface area (Å²) in [7, 11) is 1.89. The van der Waals surface area contributed by atoms with E-state index in [0.717, 1.165) is 21.6 Å². The summed E-state index contributed by atoms with van der Waals surface area (Å²) in [5.74, 6) is -0.431. The first-order chi connectivity index (χ1) is 11.5. The first-order valence-corrected chi connectivity index (χ1v) is 8.26. The van der Waals surface area contributed by atoms with Crippen LogP contribution in [0.15, 0.2) is 53.9 Å². The van der Waals surface area contributed by atoms with E-state index >= 15 is 0 Å². The van der Waals surface area contributed by atoms with E-state index in [1.807, 2.05) is 63.6 Å². The van der Waals surface area contributed by atoms with Gasteiger partial charge in [0.2, 0.25) is 0 Å². The molecule has 1 aromatic carbocycles. The van der Waals surface area contributed by atoms with Crippen LogP contribution in [0.1, 0.15) is 27.0 Å². The van der Waals surface area contributed by atoms with Crippen molar-refractivity contribution >= 4 is 23.0 Å². The van der Waals surface area contributed by atoms with Crippen molar-refractivity contribution in [3.63, 3.8) is 0 Å². The van der Waals surface area contributed by atoms with Crippen molar-refractivity contribution in [2.75, 3.05) is 0 Å². The zero-order valence-corrected chi connectivity index (χ0v) is 14.5. The fourth-order valence-electron chi connectivity index (χ4n) is 2.23. The Kier molecular flexibility index (Phi) is 4.57. The maximum atomic E-state index is 11.9. The topological polar surface area (TPSA) is 56.5 Å². The van der Waals surface area contributed by atoms with E-state index in [2.05, 4.69) is 10.3 Å². The summed E-state index contributed by atoms with van der Waals surface area (Å²) in [6, 6.07) is 11.5. The monoisotopic (exact) mass is 339 g/mol. The number of carbonyl (C=O) groups excluding carboxylic acids is 1. The number of aromatic nitrogens is 2. The van der Waals surface area contributed by atoms with E-state index in [-0.39, 0.29) is 0 Å². The van der Waals surface area contributed by atoms with Crippen molar-refractivity contribution < 1.29 is 9.63 Å². The summed E-state index contributed by atoms with van der Waals surface area (Å²) in [4.78, 5) is 18.5. The Morgan fingerprint density at radius 2 is 1.92 bits per heavy atom. The van der Waals surface area contributed by atoms with E-state index in [1.165, 1.54) is 11.3 Å². The number of carbonyl (C=O) groups is 1. The summed E-state index contributed by atoms with van der Waals surface area (Å²) < 4.78 is 1.77. The minimum atomic E-state index is -0.431. The molecule has 5 nitrogen and oxygen atoms in total. The lowest BCUT2D eigenvalue weighted by atomic mass is 10.1. The van der Waals surface area contributed by atoms with Crippen molar-refractivity contribution in [1.29, 1.82) is 0 Å². The van der Waals surface area contributed by atoms with E-state index < -0.39 is 5.97 Å². The van der Waals surface area contributed by atoms with Gasteiger partial charge in [0.15, 0.2) is 0 Å². The summed E-state index contributed by atoms with van der Waals surface area (Å²) in [6.45, 7) is 3.76. The molecule has 0 aliphatic carbocycles. The maximum Gasteiger partial charge on any atom is 0.375 e. The quantitative estimate of drug-likeness (QED) is 0.409. The average molecular weight is 339 g/mol. The molecule has 6 heteroatoms. The molecule has 3 aromatic rings. The van der Waals surface area contributed by atoms with Gasteiger partial charge in [-0.25, -0.2) is 4.79 Å². The standard InChI is InChI=1S/C18H17N3O2S/c1-12-4-9-17(24-12)18(22)23-20-13(2)14-5-7-15(8-6-14)16-10-19-21(3)11-16/h4-11H,1-3H3/b20-13+. The summed E-state index contributed by atoms with van der Waals surface area (Å²) in [6.07, 6.45) is 3.78. The zero-order valence-electron chi connectivity index (χ0n) is 13.7. The number of hydrogen-bond donors (Lipinski definition) is 0. The molecule has 0 spiro atoms. The average Bonchev–Trinajstić information content (AvgIpc) is 3.21. The maximum absolute atomic E-state index is 11.9. The molecule has 0 saturated carbocycles. The van der Waals surface area contributed by atoms with Gasteiger partial charge in [0.25, 0.3) is 0 Å². The Labute approximate surface area is 144 Å². The van der Waals surface area contributed by atoms with Gasteiger partial charge in [-0.1, -0.05) is 29.4 Å². The highest BCUT2D eigenvalue weighted by Gasteiger charge is 2.10. The van der Waals surface area contributed by atoms with Crippen LogP contribution in [0.5, 0.6) is 0 Å². The lowest BCUT2D eigenvalue weighted by Gasteiger charge is -2.02. The molecule has 2 heterocycles. The number of oxime groups is 1.